The Labute approximate surface area is 138 Å². The van der Waals surface area contributed by atoms with Gasteiger partial charge in [0.1, 0.15) is 5.75 Å². The van der Waals surface area contributed by atoms with Crippen LogP contribution < -0.4 is 10.2 Å². The van der Waals surface area contributed by atoms with Crippen LogP contribution in [0.4, 0.5) is 0 Å². The van der Waals surface area contributed by atoms with Crippen molar-refractivity contribution in [2.75, 3.05) is 7.11 Å². The Balaban J connectivity index is 2.12. The van der Waals surface area contributed by atoms with Gasteiger partial charge in [0.25, 0.3) is 5.91 Å². The third-order valence-corrected chi connectivity index (χ3v) is 3.73. The van der Waals surface area contributed by atoms with Gasteiger partial charge in [0.2, 0.25) is 0 Å². The van der Waals surface area contributed by atoms with Crippen molar-refractivity contribution in [3.63, 3.8) is 0 Å². The first kappa shape index (κ1) is 16.3. The van der Waals surface area contributed by atoms with E-state index in [1.165, 1.54) is 6.07 Å². The van der Waals surface area contributed by atoms with Crippen LogP contribution in [0.2, 0.25) is 10.0 Å². The Bertz CT molecular complexity index is 730. The molecule has 0 aliphatic rings. The Morgan fingerprint density at radius 3 is 2.55 bits per heavy atom. The lowest BCUT2D eigenvalue weighted by Crippen LogP contribution is -2.19. The number of methoxy groups -OCH3 is 1. The van der Waals surface area contributed by atoms with Gasteiger partial charge in [0.05, 0.1) is 22.9 Å². The highest BCUT2D eigenvalue weighted by atomic mass is 35.5. The molecule has 4 nitrogen and oxygen atoms in total. The summed E-state index contributed by atoms with van der Waals surface area (Å²) in [6.45, 7) is 1.80. The molecular formula is C16H14Cl2N2O2. The highest BCUT2D eigenvalue weighted by Crippen LogP contribution is 2.22. The predicted molar refractivity (Wildman–Crippen MR) is 89.1 cm³/mol. The maximum atomic E-state index is 12.0. The summed E-state index contributed by atoms with van der Waals surface area (Å²) in [5, 5.41) is 4.80. The molecule has 0 radical (unpaired) electrons. The average Bonchev–Trinajstić information content (AvgIpc) is 2.54. The van der Waals surface area contributed by atoms with Crippen molar-refractivity contribution >= 4 is 34.8 Å². The van der Waals surface area contributed by atoms with Crippen molar-refractivity contribution in [3.8, 4) is 5.75 Å². The summed E-state index contributed by atoms with van der Waals surface area (Å²) in [5.41, 5.74) is 4.39. The minimum absolute atomic E-state index is 0.322. The summed E-state index contributed by atoms with van der Waals surface area (Å²) in [6, 6.07) is 12.1. The number of nitrogens with one attached hydrogen (secondary N) is 1. The fraction of sp³-hybridized carbons (Fsp3) is 0.125. The largest absolute Gasteiger partial charge is 0.497 e. The van der Waals surface area contributed by atoms with Crippen LogP contribution in [0, 0.1) is 0 Å². The SMILES string of the molecule is COc1cccc(/C(C)=N/NC(=O)c2ccc(Cl)c(Cl)c2)c1. The molecule has 2 aromatic rings. The van der Waals surface area contributed by atoms with Gasteiger partial charge in [-0.3, -0.25) is 4.79 Å². The molecule has 1 N–H and O–H groups in total. The number of halogens is 2. The summed E-state index contributed by atoms with van der Waals surface area (Å²) < 4.78 is 5.15. The molecule has 2 rings (SSSR count). The quantitative estimate of drug-likeness (QED) is 0.673. The second kappa shape index (κ2) is 7.29. The molecule has 0 fully saturated rings. The first-order valence-corrected chi connectivity index (χ1v) is 7.21. The van der Waals surface area contributed by atoms with Crippen molar-refractivity contribution in [3.05, 3.63) is 63.6 Å². The molecule has 0 aliphatic carbocycles. The van der Waals surface area contributed by atoms with Crippen molar-refractivity contribution in [2.24, 2.45) is 5.10 Å². The molecule has 0 bridgehead atoms. The number of rotatable bonds is 4. The topological polar surface area (TPSA) is 50.7 Å². The highest BCUT2D eigenvalue weighted by molar-refractivity contribution is 6.42. The van der Waals surface area contributed by atoms with Crippen LogP contribution in [0.1, 0.15) is 22.8 Å². The molecule has 22 heavy (non-hydrogen) atoms. The Hall–Kier alpha value is -2.04. The number of benzene rings is 2. The molecule has 0 saturated carbocycles. The van der Waals surface area contributed by atoms with E-state index in [9.17, 15) is 4.79 Å². The first-order chi connectivity index (χ1) is 10.5. The fourth-order valence-electron chi connectivity index (χ4n) is 1.75. The monoisotopic (exact) mass is 336 g/mol. The van der Waals surface area contributed by atoms with Crippen LogP contribution in [-0.4, -0.2) is 18.7 Å². The molecule has 0 heterocycles. The van der Waals surface area contributed by atoms with Gasteiger partial charge in [0.15, 0.2) is 0 Å². The second-order valence-corrected chi connectivity index (χ2v) is 5.31. The van der Waals surface area contributed by atoms with E-state index in [1.54, 1.807) is 26.2 Å². The lowest BCUT2D eigenvalue weighted by atomic mass is 10.1. The molecule has 0 saturated heterocycles. The molecule has 114 valence electrons. The van der Waals surface area contributed by atoms with Gasteiger partial charge in [-0.1, -0.05) is 35.3 Å². The van der Waals surface area contributed by atoms with Crippen LogP contribution in [0.15, 0.2) is 47.6 Å². The van der Waals surface area contributed by atoms with Gasteiger partial charge in [-0.15, -0.1) is 0 Å². The average molecular weight is 337 g/mol. The summed E-state index contributed by atoms with van der Waals surface area (Å²) in [4.78, 5) is 12.0. The van der Waals surface area contributed by atoms with Crippen LogP contribution in [0.5, 0.6) is 5.75 Å². The zero-order valence-electron chi connectivity index (χ0n) is 12.1. The number of hydrazone groups is 1. The zero-order chi connectivity index (χ0) is 16.1. The van der Waals surface area contributed by atoms with Crippen LogP contribution in [-0.2, 0) is 0 Å². The maximum absolute atomic E-state index is 12.0. The van der Waals surface area contributed by atoms with E-state index >= 15 is 0 Å². The van der Waals surface area contributed by atoms with E-state index in [4.69, 9.17) is 27.9 Å². The highest BCUT2D eigenvalue weighted by Gasteiger charge is 2.08. The second-order valence-electron chi connectivity index (χ2n) is 4.50. The van der Waals surface area contributed by atoms with Crippen molar-refractivity contribution < 1.29 is 9.53 Å². The van der Waals surface area contributed by atoms with E-state index in [-0.39, 0.29) is 5.91 Å². The van der Waals surface area contributed by atoms with Crippen molar-refractivity contribution in [1.82, 2.24) is 5.43 Å². The van der Waals surface area contributed by atoms with Crippen molar-refractivity contribution in [2.45, 2.75) is 6.92 Å². The van der Waals surface area contributed by atoms with E-state index in [0.29, 0.717) is 21.3 Å². The molecule has 0 unspecified atom stereocenters. The third kappa shape index (κ3) is 4.00. The van der Waals surface area contributed by atoms with E-state index in [0.717, 1.165) is 11.3 Å². The smallest absolute Gasteiger partial charge is 0.271 e. The molecule has 0 aromatic heterocycles. The summed E-state index contributed by atoms with van der Waals surface area (Å²) in [7, 11) is 1.59. The van der Waals surface area contributed by atoms with Crippen molar-refractivity contribution in [1.29, 1.82) is 0 Å². The van der Waals surface area contributed by atoms with Gasteiger partial charge in [0, 0.05) is 11.1 Å². The lowest BCUT2D eigenvalue weighted by molar-refractivity contribution is 0.0955. The minimum Gasteiger partial charge on any atom is -0.497 e. The Morgan fingerprint density at radius 2 is 1.86 bits per heavy atom. The Kier molecular flexibility index (Phi) is 5.41. The lowest BCUT2D eigenvalue weighted by Gasteiger charge is -2.05. The van der Waals surface area contributed by atoms with E-state index < -0.39 is 0 Å². The van der Waals surface area contributed by atoms with Crippen LogP contribution >= 0.6 is 23.2 Å². The number of ether oxygens (including phenoxy) is 1. The van der Waals surface area contributed by atoms with Crippen LogP contribution in [0.3, 0.4) is 0 Å². The summed E-state index contributed by atoms with van der Waals surface area (Å²) in [6.07, 6.45) is 0. The maximum Gasteiger partial charge on any atom is 0.271 e. The summed E-state index contributed by atoms with van der Waals surface area (Å²) in [5.74, 6) is 0.365. The number of carbonyl (C=O) groups is 1. The Morgan fingerprint density at radius 1 is 1.09 bits per heavy atom. The van der Waals surface area contributed by atoms with Gasteiger partial charge in [-0.05, 0) is 37.3 Å². The van der Waals surface area contributed by atoms with Gasteiger partial charge >= 0.3 is 0 Å². The molecule has 6 heteroatoms. The van der Waals surface area contributed by atoms with Gasteiger partial charge in [-0.25, -0.2) is 5.43 Å². The predicted octanol–water partition coefficient (Wildman–Crippen LogP) is 4.16. The zero-order valence-corrected chi connectivity index (χ0v) is 13.6. The van der Waals surface area contributed by atoms with E-state index in [2.05, 4.69) is 10.5 Å². The first-order valence-electron chi connectivity index (χ1n) is 6.45. The standard InChI is InChI=1S/C16H14Cl2N2O2/c1-10(11-4-3-5-13(8-11)22-2)19-20-16(21)12-6-7-14(17)15(18)9-12/h3-9H,1-2H3,(H,20,21)/b19-10+. The molecule has 2 aromatic carbocycles. The van der Waals surface area contributed by atoms with E-state index in [1.807, 2.05) is 24.3 Å². The number of nitrogens with zero attached hydrogens (tertiary/aromatic N) is 1. The number of amides is 1. The van der Waals surface area contributed by atoms with Gasteiger partial charge < -0.3 is 4.74 Å². The summed E-state index contributed by atoms with van der Waals surface area (Å²) >= 11 is 11.7. The minimum atomic E-state index is -0.360. The molecule has 1 amide bonds. The number of carbonyl (C=O) groups excluding carboxylic acids is 1. The number of hydrogen-bond acceptors (Lipinski definition) is 3. The third-order valence-electron chi connectivity index (χ3n) is 2.99. The number of hydrogen-bond donors (Lipinski definition) is 1. The molecule has 0 atom stereocenters. The van der Waals surface area contributed by atoms with Gasteiger partial charge in [-0.2, -0.15) is 5.10 Å². The molecule has 0 spiro atoms. The molecule has 0 aliphatic heterocycles. The normalized spacial score (nSPS) is 11.2. The van der Waals surface area contributed by atoms with Crippen LogP contribution in [0.25, 0.3) is 0 Å². The molecular weight excluding hydrogens is 323 g/mol. The fourth-order valence-corrected chi connectivity index (χ4v) is 2.05.